The van der Waals surface area contributed by atoms with E-state index >= 15 is 0 Å². The number of nitrogens with two attached hydrogens (primary N) is 1. The van der Waals surface area contributed by atoms with Crippen LogP contribution in [-0.4, -0.2) is 47.6 Å². The minimum Gasteiger partial charge on any atom is -0.391 e. The van der Waals surface area contributed by atoms with Crippen molar-refractivity contribution in [3.8, 4) is 11.1 Å². The Labute approximate surface area is 256 Å². The van der Waals surface area contributed by atoms with Gasteiger partial charge in [0.1, 0.15) is 0 Å². The Bertz CT molecular complexity index is 1400. The van der Waals surface area contributed by atoms with Gasteiger partial charge in [-0.1, -0.05) is 111 Å². The lowest BCUT2D eigenvalue weighted by atomic mass is 9.64. The van der Waals surface area contributed by atoms with Gasteiger partial charge in [-0.2, -0.15) is 0 Å². The molecule has 0 aromatic heterocycles. The van der Waals surface area contributed by atoms with Gasteiger partial charge in [-0.15, -0.1) is 0 Å². The lowest BCUT2D eigenvalue weighted by molar-refractivity contribution is -0.132. The Kier molecular flexibility index (Phi) is 11.5. The quantitative estimate of drug-likeness (QED) is 0.216. The zero-order chi connectivity index (χ0) is 30.7. The highest BCUT2D eigenvalue weighted by molar-refractivity contribution is 5.96. The maximum absolute atomic E-state index is 13.6. The minimum atomic E-state index is -1.21. The molecule has 6 nitrogen and oxygen atoms in total. The van der Waals surface area contributed by atoms with E-state index in [4.69, 9.17) is 5.73 Å². The van der Waals surface area contributed by atoms with Gasteiger partial charge in [-0.25, -0.2) is 0 Å². The molecule has 6 heteroatoms. The number of carbonyl (C=O) groups is 2. The van der Waals surface area contributed by atoms with E-state index in [0.717, 1.165) is 35.1 Å². The maximum atomic E-state index is 13.6. The second kappa shape index (κ2) is 15.5. The van der Waals surface area contributed by atoms with Crippen molar-refractivity contribution >= 4 is 11.8 Å². The normalized spacial score (nSPS) is 17.6. The van der Waals surface area contributed by atoms with Crippen LogP contribution in [0.3, 0.4) is 0 Å². The first-order valence-corrected chi connectivity index (χ1v) is 15.4. The van der Waals surface area contributed by atoms with E-state index in [1.807, 2.05) is 59.5 Å². The minimum absolute atomic E-state index is 0.0666. The molecule has 0 fully saturated rings. The summed E-state index contributed by atoms with van der Waals surface area (Å²) in [5, 5.41) is 15.1. The molecule has 1 unspecified atom stereocenters. The summed E-state index contributed by atoms with van der Waals surface area (Å²) in [5.41, 5.74) is 9.88. The van der Waals surface area contributed by atoms with Crippen LogP contribution in [0.2, 0.25) is 0 Å². The van der Waals surface area contributed by atoms with Crippen molar-refractivity contribution in [1.29, 1.82) is 0 Å². The molecule has 0 bridgehead atoms. The third kappa shape index (κ3) is 8.09. The van der Waals surface area contributed by atoms with Gasteiger partial charge in [-0.05, 0) is 54.0 Å². The van der Waals surface area contributed by atoms with Crippen molar-refractivity contribution in [2.45, 2.75) is 52.2 Å². The number of aliphatic hydroxyl groups is 1. The van der Waals surface area contributed by atoms with E-state index in [0.29, 0.717) is 31.6 Å². The Balaban J connectivity index is 1.55. The molecule has 0 radical (unpaired) electrons. The number of primary amides is 1. The number of benzene rings is 3. The van der Waals surface area contributed by atoms with E-state index in [1.54, 1.807) is 18.2 Å². The number of nitrogens with zero attached hydrogens (tertiary/aromatic N) is 1. The number of nitrogens with one attached hydrogen (secondary N) is 1. The summed E-state index contributed by atoms with van der Waals surface area (Å²) in [4.78, 5) is 28.8. The average molecular weight is 580 g/mol. The smallest absolute Gasteiger partial charge is 0.249 e. The average Bonchev–Trinajstić information content (AvgIpc) is 3.04. The number of hydrogen-bond donors (Lipinski definition) is 3. The first-order chi connectivity index (χ1) is 20.9. The third-order valence-electron chi connectivity index (χ3n) is 8.32. The summed E-state index contributed by atoms with van der Waals surface area (Å²) in [6.45, 7) is 6.24. The van der Waals surface area contributed by atoms with Crippen LogP contribution < -0.4 is 11.1 Å². The fraction of sp³-hybridized carbons (Fsp3) is 0.351. The molecule has 0 saturated heterocycles. The van der Waals surface area contributed by atoms with E-state index in [1.165, 1.54) is 0 Å². The van der Waals surface area contributed by atoms with Crippen molar-refractivity contribution in [3.63, 3.8) is 0 Å². The summed E-state index contributed by atoms with van der Waals surface area (Å²) in [6, 6.07) is 28.4. The molecule has 0 heterocycles. The summed E-state index contributed by atoms with van der Waals surface area (Å²) in [7, 11) is 0. The molecule has 3 aromatic rings. The Hall–Kier alpha value is -4.00. The van der Waals surface area contributed by atoms with E-state index in [2.05, 4.69) is 49.5 Å². The Morgan fingerprint density at radius 1 is 0.907 bits per heavy atom. The SMILES string of the molecule is CCCN(CCC)C(=O)C1=CC=CC(C(N)=O)([C@H](Cc2ccccc2)[C@@H](O)CNCc2cccc(-c3ccccc3)c2)C1. The van der Waals surface area contributed by atoms with Crippen LogP contribution in [0.25, 0.3) is 11.1 Å². The van der Waals surface area contributed by atoms with E-state index in [-0.39, 0.29) is 18.9 Å². The van der Waals surface area contributed by atoms with Crippen molar-refractivity contribution in [2.75, 3.05) is 19.6 Å². The zero-order valence-electron chi connectivity index (χ0n) is 25.4. The molecule has 3 atom stereocenters. The van der Waals surface area contributed by atoms with E-state index in [9.17, 15) is 14.7 Å². The zero-order valence-corrected chi connectivity index (χ0v) is 25.4. The van der Waals surface area contributed by atoms with Gasteiger partial charge >= 0.3 is 0 Å². The Morgan fingerprint density at radius 3 is 2.19 bits per heavy atom. The first-order valence-electron chi connectivity index (χ1n) is 15.4. The van der Waals surface area contributed by atoms with Gasteiger partial charge in [0.05, 0.1) is 11.5 Å². The number of allylic oxidation sites excluding steroid dienone is 2. The van der Waals surface area contributed by atoms with Crippen LogP contribution in [0.1, 0.15) is 44.2 Å². The van der Waals surface area contributed by atoms with Crippen LogP contribution in [0.4, 0.5) is 0 Å². The molecule has 0 aliphatic heterocycles. The number of hydrogen-bond acceptors (Lipinski definition) is 4. The van der Waals surface area contributed by atoms with Gasteiger partial charge in [0.25, 0.3) is 0 Å². The van der Waals surface area contributed by atoms with Crippen LogP contribution >= 0.6 is 0 Å². The number of carbonyl (C=O) groups excluding carboxylic acids is 2. The highest BCUT2D eigenvalue weighted by Gasteiger charge is 2.47. The van der Waals surface area contributed by atoms with Gasteiger partial charge in [-0.3, -0.25) is 9.59 Å². The van der Waals surface area contributed by atoms with Gasteiger partial charge in [0.2, 0.25) is 11.8 Å². The molecular weight excluding hydrogens is 534 g/mol. The molecule has 4 rings (SSSR count). The van der Waals surface area contributed by atoms with Crippen LogP contribution in [0.15, 0.2) is 109 Å². The Morgan fingerprint density at radius 2 is 1.53 bits per heavy atom. The molecule has 0 spiro atoms. The van der Waals surface area contributed by atoms with Crippen molar-refractivity contribution < 1.29 is 14.7 Å². The highest BCUT2D eigenvalue weighted by atomic mass is 16.3. The molecule has 43 heavy (non-hydrogen) atoms. The van der Waals surface area contributed by atoms with E-state index < -0.39 is 23.3 Å². The summed E-state index contributed by atoms with van der Waals surface area (Å²) in [6.07, 6.45) is 6.78. The highest BCUT2D eigenvalue weighted by Crippen LogP contribution is 2.43. The summed E-state index contributed by atoms with van der Waals surface area (Å²) in [5.74, 6) is -1.15. The predicted octanol–water partition coefficient (Wildman–Crippen LogP) is 5.67. The van der Waals surface area contributed by atoms with Crippen molar-refractivity contribution in [3.05, 3.63) is 120 Å². The molecule has 1 aliphatic rings. The molecule has 1 aliphatic carbocycles. The van der Waals surface area contributed by atoms with Crippen molar-refractivity contribution in [1.82, 2.24) is 10.2 Å². The summed E-state index contributed by atoms with van der Waals surface area (Å²) >= 11 is 0. The monoisotopic (exact) mass is 579 g/mol. The van der Waals surface area contributed by atoms with Crippen molar-refractivity contribution in [2.24, 2.45) is 17.1 Å². The van der Waals surface area contributed by atoms with Crippen LogP contribution in [0.5, 0.6) is 0 Å². The predicted molar refractivity (Wildman–Crippen MR) is 174 cm³/mol. The lowest BCUT2D eigenvalue weighted by Gasteiger charge is -2.41. The third-order valence-corrected chi connectivity index (χ3v) is 8.32. The van der Waals surface area contributed by atoms with Crippen LogP contribution in [0, 0.1) is 11.3 Å². The molecular formula is C37H45N3O3. The summed E-state index contributed by atoms with van der Waals surface area (Å²) < 4.78 is 0. The molecule has 4 N–H and O–H groups in total. The number of aliphatic hydroxyl groups excluding tert-OH is 1. The van der Waals surface area contributed by atoms with Gasteiger partial charge < -0.3 is 21.1 Å². The number of rotatable bonds is 15. The molecule has 0 saturated carbocycles. The molecule has 3 aromatic carbocycles. The van der Waals surface area contributed by atoms with Crippen LogP contribution in [-0.2, 0) is 22.6 Å². The molecule has 2 amide bonds. The first kappa shape index (κ1) is 31.9. The number of amides is 2. The standard InChI is InChI=1S/C37H45N3O3/c1-3-21-40(22-4-2)35(42)32-19-12-20-37(25-32,36(38)43)33(24-28-13-7-5-8-14-28)34(41)27-39-26-29-15-11-18-31(23-29)30-16-9-6-10-17-30/h5-20,23,33-34,39,41H,3-4,21-22,24-27H2,1-2H3,(H2,38,43)/t33-,34+,37?/m1/s1. The maximum Gasteiger partial charge on any atom is 0.249 e. The van der Waals surface area contributed by atoms with Gasteiger partial charge in [0.15, 0.2) is 0 Å². The second-order valence-electron chi connectivity index (χ2n) is 11.5. The molecule has 226 valence electrons. The second-order valence-corrected chi connectivity index (χ2v) is 11.5. The largest absolute Gasteiger partial charge is 0.391 e. The fourth-order valence-corrected chi connectivity index (χ4v) is 6.11. The fourth-order valence-electron chi connectivity index (χ4n) is 6.11. The lowest BCUT2D eigenvalue weighted by Crippen LogP contribution is -2.51. The topological polar surface area (TPSA) is 95.7 Å². The van der Waals surface area contributed by atoms with Gasteiger partial charge in [0, 0.05) is 37.7 Å².